The van der Waals surface area contributed by atoms with Gasteiger partial charge in [-0.2, -0.15) is 13.2 Å². The van der Waals surface area contributed by atoms with E-state index in [-0.39, 0.29) is 18.3 Å². The van der Waals surface area contributed by atoms with Crippen LogP contribution in [0.3, 0.4) is 0 Å². The van der Waals surface area contributed by atoms with Crippen LogP contribution in [0.15, 0.2) is 48.5 Å². The highest BCUT2D eigenvalue weighted by atomic mass is 19.4. The molecule has 0 heterocycles. The van der Waals surface area contributed by atoms with Gasteiger partial charge in [-0.3, -0.25) is 9.59 Å². The number of hydrogen-bond donors (Lipinski definition) is 1. The second kappa shape index (κ2) is 9.21. The molecule has 2 aromatic carbocycles. The number of ether oxygens (including phenoxy) is 1. The third kappa shape index (κ3) is 5.84. The van der Waals surface area contributed by atoms with Gasteiger partial charge in [0.05, 0.1) is 12.7 Å². The molecule has 27 heavy (non-hydrogen) atoms. The molecule has 1 amide bonds. The summed E-state index contributed by atoms with van der Waals surface area (Å²) in [7, 11) is 1.32. The van der Waals surface area contributed by atoms with Crippen LogP contribution in [0.1, 0.15) is 35.2 Å². The fourth-order valence-corrected chi connectivity index (χ4v) is 2.57. The van der Waals surface area contributed by atoms with Crippen molar-refractivity contribution in [1.29, 1.82) is 0 Å². The number of carbonyl (C=O) groups is 2. The summed E-state index contributed by atoms with van der Waals surface area (Å²) < 4.78 is 42.7. The highest BCUT2D eigenvalue weighted by Crippen LogP contribution is 2.31. The molecule has 4 nitrogen and oxygen atoms in total. The van der Waals surface area contributed by atoms with Crippen molar-refractivity contribution in [2.75, 3.05) is 13.7 Å². The van der Waals surface area contributed by atoms with Crippen LogP contribution in [0, 0.1) is 0 Å². The third-order valence-electron chi connectivity index (χ3n) is 4.02. The summed E-state index contributed by atoms with van der Waals surface area (Å²) in [5.41, 5.74) is 0.724. The van der Waals surface area contributed by atoms with Crippen LogP contribution in [0.5, 0.6) is 0 Å². The van der Waals surface area contributed by atoms with Crippen molar-refractivity contribution >= 4 is 11.9 Å². The van der Waals surface area contributed by atoms with Crippen LogP contribution in [-0.4, -0.2) is 25.5 Å². The van der Waals surface area contributed by atoms with Crippen LogP contribution in [0.2, 0.25) is 0 Å². The summed E-state index contributed by atoms with van der Waals surface area (Å²) in [5, 5.41) is 2.77. The average molecular weight is 379 g/mol. The second-order valence-electron chi connectivity index (χ2n) is 5.91. The Labute approximate surface area is 155 Å². The van der Waals surface area contributed by atoms with E-state index in [0.717, 1.165) is 12.1 Å². The van der Waals surface area contributed by atoms with E-state index in [9.17, 15) is 22.8 Å². The van der Waals surface area contributed by atoms with Gasteiger partial charge < -0.3 is 10.1 Å². The van der Waals surface area contributed by atoms with Gasteiger partial charge >= 0.3 is 12.1 Å². The minimum atomic E-state index is -4.40. The molecule has 144 valence electrons. The lowest BCUT2D eigenvalue weighted by molar-refractivity contribution is -0.140. The third-order valence-corrected chi connectivity index (χ3v) is 4.02. The number of alkyl halides is 3. The molecule has 0 saturated carbocycles. The molecule has 1 N–H and O–H groups in total. The Balaban J connectivity index is 2.04. The summed E-state index contributed by atoms with van der Waals surface area (Å²) in [6.07, 6.45) is -2.91. The standard InChI is InChI=1S/C20H20F3NO3/c1-27-18(25)8-4-5-13-24-19(26)17-7-3-2-6-16(17)14-9-11-15(12-10-14)20(21,22)23/h2-3,6-7,9-12H,4-5,8,13H2,1H3,(H,24,26). The zero-order valence-corrected chi connectivity index (χ0v) is 14.8. The van der Waals surface area contributed by atoms with Crippen molar-refractivity contribution in [2.45, 2.75) is 25.4 Å². The Hall–Kier alpha value is -2.83. The maximum absolute atomic E-state index is 12.7. The molecule has 2 rings (SSSR count). The van der Waals surface area contributed by atoms with E-state index in [1.807, 2.05) is 0 Å². The Morgan fingerprint density at radius 3 is 2.30 bits per heavy atom. The minimum absolute atomic E-state index is 0.286. The van der Waals surface area contributed by atoms with Crippen molar-refractivity contribution in [2.24, 2.45) is 0 Å². The van der Waals surface area contributed by atoms with Crippen LogP contribution < -0.4 is 5.32 Å². The molecule has 2 aromatic rings. The summed E-state index contributed by atoms with van der Waals surface area (Å²) in [6.45, 7) is 0.386. The number of halogens is 3. The lowest BCUT2D eigenvalue weighted by Gasteiger charge is -2.12. The van der Waals surface area contributed by atoms with Gasteiger partial charge in [0.2, 0.25) is 0 Å². The highest BCUT2D eigenvalue weighted by Gasteiger charge is 2.30. The molecular weight excluding hydrogens is 359 g/mol. The number of methoxy groups -OCH3 is 1. The maximum Gasteiger partial charge on any atom is 0.416 e. The van der Waals surface area contributed by atoms with E-state index in [2.05, 4.69) is 10.1 Å². The number of rotatable bonds is 7. The van der Waals surface area contributed by atoms with Gasteiger partial charge in [-0.05, 0) is 42.2 Å². The highest BCUT2D eigenvalue weighted by molar-refractivity contribution is 6.00. The van der Waals surface area contributed by atoms with Crippen molar-refractivity contribution in [3.8, 4) is 11.1 Å². The molecule has 0 aliphatic carbocycles. The Morgan fingerprint density at radius 2 is 1.67 bits per heavy atom. The topological polar surface area (TPSA) is 55.4 Å². The SMILES string of the molecule is COC(=O)CCCCNC(=O)c1ccccc1-c1ccc(C(F)(F)F)cc1. The molecule has 0 aromatic heterocycles. The first-order valence-corrected chi connectivity index (χ1v) is 8.44. The number of nitrogens with one attached hydrogen (secondary N) is 1. The first-order valence-electron chi connectivity index (χ1n) is 8.44. The number of hydrogen-bond acceptors (Lipinski definition) is 3. The number of amides is 1. The zero-order chi connectivity index (χ0) is 19.9. The predicted molar refractivity (Wildman–Crippen MR) is 95.1 cm³/mol. The van der Waals surface area contributed by atoms with Crippen molar-refractivity contribution in [3.05, 3.63) is 59.7 Å². The normalized spacial score (nSPS) is 11.1. The van der Waals surface area contributed by atoms with E-state index in [4.69, 9.17) is 0 Å². The van der Waals surface area contributed by atoms with Gasteiger partial charge in [0, 0.05) is 18.5 Å². The Kier molecular flexibility index (Phi) is 6.98. The molecule has 0 unspecified atom stereocenters. The molecule has 7 heteroatoms. The van der Waals surface area contributed by atoms with Gasteiger partial charge in [-0.25, -0.2) is 0 Å². The van der Waals surface area contributed by atoms with Gasteiger partial charge in [0.15, 0.2) is 0 Å². The summed E-state index contributed by atoms with van der Waals surface area (Å²) in [5.74, 6) is -0.613. The van der Waals surface area contributed by atoms with Crippen molar-refractivity contribution in [1.82, 2.24) is 5.32 Å². The Bertz CT molecular complexity index is 786. The van der Waals surface area contributed by atoms with Crippen LogP contribution in [-0.2, 0) is 15.7 Å². The van der Waals surface area contributed by atoms with Gasteiger partial charge in [-0.1, -0.05) is 30.3 Å². The smallest absolute Gasteiger partial charge is 0.416 e. The largest absolute Gasteiger partial charge is 0.469 e. The molecular formula is C20H20F3NO3. The van der Waals surface area contributed by atoms with Crippen molar-refractivity contribution in [3.63, 3.8) is 0 Å². The molecule has 0 aliphatic rings. The van der Waals surface area contributed by atoms with Gasteiger partial charge in [-0.15, -0.1) is 0 Å². The molecule has 0 fully saturated rings. The fourth-order valence-electron chi connectivity index (χ4n) is 2.57. The Morgan fingerprint density at radius 1 is 1.00 bits per heavy atom. The molecule has 0 bridgehead atoms. The summed E-state index contributed by atoms with van der Waals surface area (Å²) >= 11 is 0. The van der Waals surface area contributed by atoms with Crippen LogP contribution >= 0.6 is 0 Å². The van der Waals surface area contributed by atoms with Crippen LogP contribution in [0.25, 0.3) is 11.1 Å². The molecule has 0 aliphatic heterocycles. The first kappa shape index (κ1) is 20.5. The molecule has 0 saturated heterocycles. The van der Waals surface area contributed by atoms with E-state index in [1.54, 1.807) is 24.3 Å². The lowest BCUT2D eigenvalue weighted by Crippen LogP contribution is -2.25. The fraction of sp³-hybridized carbons (Fsp3) is 0.300. The summed E-state index contributed by atoms with van der Waals surface area (Å²) in [6, 6.07) is 11.4. The van der Waals surface area contributed by atoms with Crippen LogP contribution in [0.4, 0.5) is 13.2 Å². The number of esters is 1. The molecule has 0 spiro atoms. The number of benzene rings is 2. The molecule has 0 atom stereocenters. The van der Waals surface area contributed by atoms with Gasteiger partial charge in [0.1, 0.15) is 0 Å². The molecule has 0 radical (unpaired) electrons. The predicted octanol–water partition coefficient (Wildman–Crippen LogP) is 4.45. The van der Waals surface area contributed by atoms with E-state index in [0.29, 0.717) is 36.1 Å². The maximum atomic E-state index is 12.7. The number of unbranched alkanes of at least 4 members (excludes halogenated alkanes) is 1. The average Bonchev–Trinajstić information content (AvgIpc) is 2.66. The van der Waals surface area contributed by atoms with Gasteiger partial charge in [0.25, 0.3) is 5.91 Å². The quantitative estimate of drug-likeness (QED) is 0.571. The lowest BCUT2D eigenvalue weighted by atomic mass is 9.98. The number of carbonyl (C=O) groups excluding carboxylic acids is 2. The monoisotopic (exact) mass is 379 g/mol. The van der Waals surface area contributed by atoms with E-state index >= 15 is 0 Å². The zero-order valence-electron chi connectivity index (χ0n) is 14.8. The van der Waals surface area contributed by atoms with E-state index < -0.39 is 11.7 Å². The second-order valence-corrected chi connectivity index (χ2v) is 5.91. The summed E-state index contributed by atoms with van der Waals surface area (Å²) in [4.78, 5) is 23.5. The first-order chi connectivity index (χ1) is 12.8. The minimum Gasteiger partial charge on any atom is -0.469 e. The van der Waals surface area contributed by atoms with E-state index in [1.165, 1.54) is 19.2 Å². The van der Waals surface area contributed by atoms with Crippen molar-refractivity contribution < 1.29 is 27.5 Å².